The van der Waals surface area contributed by atoms with E-state index in [1.54, 1.807) is 6.21 Å². The molecule has 0 bridgehead atoms. The van der Waals surface area contributed by atoms with Crippen LogP contribution >= 0.6 is 0 Å². The van der Waals surface area contributed by atoms with E-state index in [0.717, 1.165) is 44.7 Å². The number of hydrogen-bond donors (Lipinski definition) is 0. The summed E-state index contributed by atoms with van der Waals surface area (Å²) >= 11 is 0. The molecule has 4 heteroatoms. The summed E-state index contributed by atoms with van der Waals surface area (Å²) in [4.78, 5) is 4.59. The average molecular weight is 497 g/mol. The first-order valence-corrected chi connectivity index (χ1v) is 12.5. The topological polar surface area (TPSA) is 58.5 Å². The number of nitrogens with zero attached hydrogens (tertiary/aromatic N) is 2. The lowest BCUT2D eigenvalue weighted by Gasteiger charge is -2.06. The Bertz CT molecular complexity index is 1600. The minimum Gasteiger partial charge on any atom is -0.489 e. The summed E-state index contributed by atoms with van der Waals surface area (Å²) in [6.45, 7) is 6.66. The fraction of sp³-hybridized carbons (Fsp3) is 0.118. The number of aliphatic imine (C=N–C) groups is 1. The summed E-state index contributed by atoms with van der Waals surface area (Å²) in [6.07, 6.45) is 1.71. The second-order valence-electron chi connectivity index (χ2n) is 9.43. The van der Waals surface area contributed by atoms with Gasteiger partial charge in [0, 0.05) is 17.3 Å². The summed E-state index contributed by atoms with van der Waals surface area (Å²) in [5.74, 6) is 1.71. The molecule has 0 fully saturated rings. The van der Waals surface area contributed by atoms with Gasteiger partial charge in [0.25, 0.3) is 0 Å². The van der Waals surface area contributed by atoms with E-state index in [0.29, 0.717) is 23.8 Å². The van der Waals surface area contributed by atoms with Crippen molar-refractivity contribution < 1.29 is 9.15 Å². The van der Waals surface area contributed by atoms with Crippen molar-refractivity contribution in [3.05, 3.63) is 130 Å². The second-order valence-corrected chi connectivity index (χ2v) is 9.43. The van der Waals surface area contributed by atoms with Crippen LogP contribution in [-0.2, 0) is 6.61 Å². The molecular formula is C34H28N2O2. The van der Waals surface area contributed by atoms with Crippen LogP contribution in [0.2, 0.25) is 0 Å². The number of aryl methyl sites for hydroxylation is 3. The minimum absolute atomic E-state index is 0.290. The summed E-state index contributed by atoms with van der Waals surface area (Å²) in [6, 6.07) is 34.5. The fourth-order valence-corrected chi connectivity index (χ4v) is 4.15. The largest absolute Gasteiger partial charge is 0.489 e. The van der Waals surface area contributed by atoms with Crippen LogP contribution in [0.4, 0.5) is 5.88 Å². The molecule has 38 heavy (non-hydrogen) atoms. The third-order valence-electron chi connectivity index (χ3n) is 6.39. The number of ether oxygens (including phenoxy) is 1. The zero-order valence-electron chi connectivity index (χ0n) is 21.7. The van der Waals surface area contributed by atoms with Crippen LogP contribution in [0.1, 0.15) is 33.4 Å². The molecule has 0 saturated carbocycles. The summed E-state index contributed by atoms with van der Waals surface area (Å²) < 4.78 is 12.2. The highest BCUT2D eigenvalue weighted by molar-refractivity contribution is 5.90. The van der Waals surface area contributed by atoms with Gasteiger partial charge < -0.3 is 9.15 Å². The third kappa shape index (κ3) is 5.58. The van der Waals surface area contributed by atoms with Crippen LogP contribution in [0.25, 0.3) is 22.5 Å². The van der Waals surface area contributed by atoms with Crippen LogP contribution in [0.3, 0.4) is 0 Å². The maximum absolute atomic E-state index is 10.1. The van der Waals surface area contributed by atoms with Crippen LogP contribution < -0.4 is 4.74 Å². The zero-order valence-corrected chi connectivity index (χ0v) is 21.7. The molecule has 1 aromatic heterocycles. The summed E-state index contributed by atoms with van der Waals surface area (Å²) in [5.41, 5.74) is 8.52. The average Bonchev–Trinajstić information content (AvgIpc) is 3.31. The molecule has 186 valence electrons. The van der Waals surface area contributed by atoms with Crippen molar-refractivity contribution in [2.45, 2.75) is 27.4 Å². The van der Waals surface area contributed by atoms with E-state index in [4.69, 9.17) is 9.15 Å². The van der Waals surface area contributed by atoms with Crippen LogP contribution in [0.5, 0.6) is 5.75 Å². The molecule has 0 amide bonds. The molecule has 5 rings (SSSR count). The lowest BCUT2D eigenvalue weighted by molar-refractivity contribution is 0.306. The Kier molecular flexibility index (Phi) is 7.19. The first kappa shape index (κ1) is 24.8. The highest BCUT2D eigenvalue weighted by Crippen LogP contribution is 2.42. The molecule has 4 nitrogen and oxygen atoms in total. The lowest BCUT2D eigenvalue weighted by atomic mass is 9.97. The van der Waals surface area contributed by atoms with Gasteiger partial charge in [0.15, 0.2) is 0 Å². The number of rotatable bonds is 7. The van der Waals surface area contributed by atoms with Crippen LogP contribution in [0, 0.1) is 32.1 Å². The van der Waals surface area contributed by atoms with Gasteiger partial charge in [-0.3, -0.25) is 0 Å². The SMILES string of the molecule is Cc1ccc(COc2ccc(C=Nc3oc(-c4ccc(C)cc4)c(-c4ccc(C)cc4)c3C#N)cc2)cc1. The Hall–Kier alpha value is -4.88. The Morgan fingerprint density at radius 3 is 1.87 bits per heavy atom. The van der Waals surface area contributed by atoms with E-state index in [1.165, 1.54) is 5.56 Å². The van der Waals surface area contributed by atoms with Crippen molar-refractivity contribution in [3.8, 4) is 34.3 Å². The van der Waals surface area contributed by atoms with E-state index in [2.05, 4.69) is 42.3 Å². The van der Waals surface area contributed by atoms with Gasteiger partial charge in [-0.05, 0) is 61.7 Å². The van der Waals surface area contributed by atoms with Gasteiger partial charge in [0.2, 0.25) is 5.88 Å². The molecule has 0 saturated heterocycles. The predicted molar refractivity (Wildman–Crippen MR) is 153 cm³/mol. The van der Waals surface area contributed by atoms with Gasteiger partial charge in [-0.25, -0.2) is 4.99 Å². The Balaban J connectivity index is 1.42. The molecule has 0 aliphatic heterocycles. The number of hydrogen-bond acceptors (Lipinski definition) is 4. The quantitative estimate of drug-likeness (QED) is 0.212. The molecule has 0 aliphatic carbocycles. The van der Waals surface area contributed by atoms with Gasteiger partial charge in [-0.1, -0.05) is 89.5 Å². The highest BCUT2D eigenvalue weighted by atomic mass is 16.5. The summed E-state index contributed by atoms with van der Waals surface area (Å²) in [5, 5.41) is 10.1. The normalized spacial score (nSPS) is 11.0. The van der Waals surface area contributed by atoms with E-state index in [9.17, 15) is 5.26 Å². The second kappa shape index (κ2) is 11.0. The molecule has 0 unspecified atom stereocenters. The number of furan rings is 1. The molecule has 0 radical (unpaired) electrons. The smallest absolute Gasteiger partial charge is 0.238 e. The van der Waals surface area contributed by atoms with Crippen molar-refractivity contribution in [2.24, 2.45) is 4.99 Å². The Labute approximate surface area is 223 Å². The van der Waals surface area contributed by atoms with Gasteiger partial charge >= 0.3 is 0 Å². The maximum atomic E-state index is 10.1. The molecule has 0 N–H and O–H groups in total. The molecular weight excluding hydrogens is 468 g/mol. The molecule has 0 aliphatic rings. The maximum Gasteiger partial charge on any atom is 0.238 e. The molecule has 1 heterocycles. The molecule has 5 aromatic rings. The monoisotopic (exact) mass is 496 g/mol. The Morgan fingerprint density at radius 1 is 0.737 bits per heavy atom. The standard InChI is InChI=1S/C34H28N2O2/c1-23-4-10-27(11-5-23)22-37-30-18-12-26(13-19-30)21-36-34-31(20-35)32(28-14-6-24(2)7-15-28)33(38-34)29-16-8-25(3)9-17-29/h4-19,21H,22H2,1-3H3. The highest BCUT2D eigenvalue weighted by Gasteiger charge is 2.22. The molecule has 0 atom stereocenters. The Morgan fingerprint density at radius 2 is 1.29 bits per heavy atom. The first-order valence-electron chi connectivity index (χ1n) is 12.5. The van der Waals surface area contributed by atoms with Gasteiger partial charge in [-0.2, -0.15) is 5.26 Å². The van der Waals surface area contributed by atoms with Gasteiger partial charge in [-0.15, -0.1) is 0 Å². The zero-order chi connectivity index (χ0) is 26.5. The van der Waals surface area contributed by atoms with Crippen molar-refractivity contribution in [2.75, 3.05) is 0 Å². The first-order chi connectivity index (χ1) is 18.5. The van der Waals surface area contributed by atoms with Crippen molar-refractivity contribution in [1.29, 1.82) is 5.26 Å². The van der Waals surface area contributed by atoms with Crippen molar-refractivity contribution in [1.82, 2.24) is 0 Å². The van der Waals surface area contributed by atoms with E-state index >= 15 is 0 Å². The lowest BCUT2D eigenvalue weighted by Crippen LogP contribution is -1.95. The molecule has 0 spiro atoms. The number of benzene rings is 4. The van der Waals surface area contributed by atoms with Gasteiger partial charge in [0.1, 0.15) is 29.7 Å². The van der Waals surface area contributed by atoms with E-state index < -0.39 is 0 Å². The van der Waals surface area contributed by atoms with Crippen LogP contribution in [0.15, 0.2) is 106 Å². The van der Waals surface area contributed by atoms with E-state index in [1.807, 2.05) is 86.6 Å². The van der Waals surface area contributed by atoms with Crippen LogP contribution in [-0.4, -0.2) is 6.21 Å². The number of nitriles is 1. The fourth-order valence-electron chi connectivity index (χ4n) is 4.15. The predicted octanol–water partition coefficient (Wildman–Crippen LogP) is 8.74. The van der Waals surface area contributed by atoms with E-state index in [-0.39, 0.29) is 0 Å². The third-order valence-corrected chi connectivity index (χ3v) is 6.39. The minimum atomic E-state index is 0.290. The molecule has 4 aromatic carbocycles. The van der Waals surface area contributed by atoms with Crippen molar-refractivity contribution in [3.63, 3.8) is 0 Å². The van der Waals surface area contributed by atoms with Gasteiger partial charge in [0.05, 0.1) is 0 Å². The van der Waals surface area contributed by atoms with Crippen molar-refractivity contribution >= 4 is 12.1 Å². The summed E-state index contributed by atoms with van der Waals surface area (Å²) in [7, 11) is 0.